The summed E-state index contributed by atoms with van der Waals surface area (Å²) in [7, 11) is 1.59. The average Bonchev–Trinajstić information content (AvgIpc) is 2.58. The lowest BCUT2D eigenvalue weighted by Gasteiger charge is -2.11. The molecule has 2 aromatic rings. The first kappa shape index (κ1) is 15.9. The van der Waals surface area contributed by atoms with Crippen molar-refractivity contribution >= 4 is 5.69 Å². The molecule has 0 aliphatic carbocycles. The van der Waals surface area contributed by atoms with E-state index in [2.05, 4.69) is 11.9 Å². The van der Waals surface area contributed by atoms with Crippen LogP contribution in [-0.2, 0) is 13.2 Å². The Kier molecular flexibility index (Phi) is 5.86. The molecule has 0 saturated carbocycles. The summed E-state index contributed by atoms with van der Waals surface area (Å²) in [6.07, 6.45) is 1.72. The van der Waals surface area contributed by atoms with E-state index in [1.807, 2.05) is 42.5 Å². The molecular formula is C18H21NO3. The van der Waals surface area contributed by atoms with Crippen molar-refractivity contribution in [2.45, 2.75) is 13.2 Å². The van der Waals surface area contributed by atoms with Gasteiger partial charge in [0, 0.05) is 17.8 Å². The van der Waals surface area contributed by atoms with Crippen LogP contribution in [-0.4, -0.2) is 18.8 Å². The van der Waals surface area contributed by atoms with Gasteiger partial charge in [0.05, 0.1) is 13.7 Å². The first-order valence-corrected chi connectivity index (χ1v) is 7.11. The molecule has 0 atom stereocenters. The number of hydrogen-bond acceptors (Lipinski definition) is 4. The molecular weight excluding hydrogens is 278 g/mol. The van der Waals surface area contributed by atoms with Crippen molar-refractivity contribution in [1.82, 2.24) is 0 Å². The van der Waals surface area contributed by atoms with E-state index in [0.717, 1.165) is 22.6 Å². The van der Waals surface area contributed by atoms with Crippen LogP contribution in [0.1, 0.15) is 11.1 Å². The van der Waals surface area contributed by atoms with Crippen LogP contribution in [0.15, 0.2) is 55.1 Å². The van der Waals surface area contributed by atoms with Crippen LogP contribution in [0.4, 0.5) is 5.69 Å². The third-order valence-corrected chi connectivity index (χ3v) is 3.24. The van der Waals surface area contributed by atoms with Crippen LogP contribution < -0.4 is 14.8 Å². The average molecular weight is 299 g/mol. The molecule has 0 unspecified atom stereocenters. The molecule has 0 heterocycles. The Morgan fingerprint density at radius 3 is 2.59 bits per heavy atom. The van der Waals surface area contributed by atoms with Crippen molar-refractivity contribution in [3.8, 4) is 11.5 Å². The maximum Gasteiger partial charge on any atom is 0.124 e. The molecule has 2 N–H and O–H groups in total. The van der Waals surface area contributed by atoms with Crippen molar-refractivity contribution in [3.63, 3.8) is 0 Å². The van der Waals surface area contributed by atoms with Gasteiger partial charge in [0.25, 0.3) is 0 Å². The summed E-state index contributed by atoms with van der Waals surface area (Å²) in [5, 5.41) is 12.7. The number of rotatable bonds is 8. The normalized spacial score (nSPS) is 10.1. The van der Waals surface area contributed by atoms with Gasteiger partial charge in [-0.25, -0.2) is 0 Å². The fourth-order valence-electron chi connectivity index (χ4n) is 2.07. The molecule has 2 aromatic carbocycles. The van der Waals surface area contributed by atoms with E-state index in [-0.39, 0.29) is 6.61 Å². The lowest BCUT2D eigenvalue weighted by Crippen LogP contribution is -2.01. The van der Waals surface area contributed by atoms with Crippen LogP contribution in [0.5, 0.6) is 11.5 Å². The molecule has 2 rings (SSSR count). The van der Waals surface area contributed by atoms with Crippen LogP contribution in [0.2, 0.25) is 0 Å². The molecule has 4 heteroatoms. The number of benzene rings is 2. The van der Waals surface area contributed by atoms with Gasteiger partial charge in [-0.05, 0) is 35.9 Å². The minimum absolute atomic E-state index is 0.0476. The van der Waals surface area contributed by atoms with Gasteiger partial charge in [-0.2, -0.15) is 0 Å². The van der Waals surface area contributed by atoms with Gasteiger partial charge in [-0.3, -0.25) is 0 Å². The Morgan fingerprint density at radius 1 is 1.18 bits per heavy atom. The molecule has 22 heavy (non-hydrogen) atoms. The predicted octanol–water partition coefficient (Wildman–Crippen LogP) is 3.36. The van der Waals surface area contributed by atoms with Crippen molar-refractivity contribution in [1.29, 1.82) is 0 Å². The first-order valence-electron chi connectivity index (χ1n) is 7.11. The number of methoxy groups -OCH3 is 1. The zero-order chi connectivity index (χ0) is 15.8. The van der Waals surface area contributed by atoms with E-state index in [1.54, 1.807) is 13.2 Å². The van der Waals surface area contributed by atoms with Crippen LogP contribution >= 0.6 is 0 Å². The topological polar surface area (TPSA) is 50.7 Å². The fourth-order valence-corrected chi connectivity index (χ4v) is 2.07. The smallest absolute Gasteiger partial charge is 0.124 e. The van der Waals surface area contributed by atoms with E-state index < -0.39 is 0 Å². The molecule has 0 aliphatic heterocycles. The molecule has 116 valence electrons. The number of aliphatic hydroxyl groups is 1. The molecule has 0 fully saturated rings. The molecule has 0 radical (unpaired) electrons. The summed E-state index contributed by atoms with van der Waals surface area (Å²) in [6.45, 7) is 4.77. The van der Waals surface area contributed by atoms with Crippen molar-refractivity contribution in [3.05, 3.63) is 66.2 Å². The van der Waals surface area contributed by atoms with E-state index in [4.69, 9.17) is 9.47 Å². The van der Waals surface area contributed by atoms with E-state index in [1.165, 1.54) is 0 Å². The third-order valence-electron chi connectivity index (χ3n) is 3.24. The minimum atomic E-state index is -0.0476. The summed E-state index contributed by atoms with van der Waals surface area (Å²) in [5.41, 5.74) is 2.85. The summed E-state index contributed by atoms with van der Waals surface area (Å²) in [5.74, 6) is 1.52. The van der Waals surface area contributed by atoms with Gasteiger partial charge in [0.1, 0.15) is 18.1 Å². The Hall–Kier alpha value is -2.46. The van der Waals surface area contributed by atoms with E-state index in [0.29, 0.717) is 18.9 Å². The molecule has 0 amide bonds. The van der Waals surface area contributed by atoms with Gasteiger partial charge in [0.15, 0.2) is 0 Å². The van der Waals surface area contributed by atoms with Crippen molar-refractivity contribution in [2.75, 3.05) is 19.0 Å². The second-order valence-corrected chi connectivity index (χ2v) is 4.78. The molecule has 0 aliphatic rings. The highest BCUT2D eigenvalue weighted by Crippen LogP contribution is 2.23. The maximum atomic E-state index is 9.33. The summed E-state index contributed by atoms with van der Waals surface area (Å²) in [4.78, 5) is 0. The summed E-state index contributed by atoms with van der Waals surface area (Å²) < 4.78 is 10.6. The largest absolute Gasteiger partial charge is 0.496 e. The number of ether oxygens (including phenoxy) is 2. The molecule has 0 bridgehead atoms. The molecule has 0 aromatic heterocycles. The summed E-state index contributed by atoms with van der Waals surface area (Å²) in [6, 6.07) is 13.6. The Morgan fingerprint density at radius 2 is 1.95 bits per heavy atom. The number of aliphatic hydroxyl groups excluding tert-OH is 1. The third kappa shape index (κ3) is 4.27. The van der Waals surface area contributed by atoms with Crippen molar-refractivity contribution < 1.29 is 14.6 Å². The lowest BCUT2D eigenvalue weighted by atomic mass is 10.1. The van der Waals surface area contributed by atoms with Gasteiger partial charge >= 0.3 is 0 Å². The molecule has 0 saturated heterocycles. The Balaban J connectivity index is 1.96. The highest BCUT2D eigenvalue weighted by Gasteiger charge is 2.03. The molecule has 4 nitrogen and oxygen atoms in total. The predicted molar refractivity (Wildman–Crippen MR) is 88.4 cm³/mol. The first-order chi connectivity index (χ1) is 10.8. The Labute approximate surface area is 131 Å². The quantitative estimate of drug-likeness (QED) is 0.734. The highest BCUT2D eigenvalue weighted by atomic mass is 16.5. The molecule has 0 spiro atoms. The second-order valence-electron chi connectivity index (χ2n) is 4.78. The lowest BCUT2D eigenvalue weighted by molar-refractivity contribution is 0.274. The highest BCUT2D eigenvalue weighted by molar-refractivity contribution is 5.51. The van der Waals surface area contributed by atoms with Gasteiger partial charge in [-0.15, -0.1) is 0 Å². The monoisotopic (exact) mass is 299 g/mol. The SMILES string of the molecule is C=CCOc1ccc(CNc2ccc(OC)c(CO)c2)cc1. The number of nitrogens with one attached hydrogen (secondary N) is 1. The van der Waals surface area contributed by atoms with Gasteiger partial charge < -0.3 is 19.9 Å². The van der Waals surface area contributed by atoms with Crippen LogP contribution in [0, 0.1) is 0 Å². The van der Waals surface area contributed by atoms with E-state index >= 15 is 0 Å². The van der Waals surface area contributed by atoms with Gasteiger partial charge in [-0.1, -0.05) is 24.8 Å². The van der Waals surface area contributed by atoms with Crippen LogP contribution in [0.3, 0.4) is 0 Å². The zero-order valence-electron chi connectivity index (χ0n) is 12.7. The van der Waals surface area contributed by atoms with E-state index in [9.17, 15) is 5.11 Å². The van der Waals surface area contributed by atoms with Crippen LogP contribution in [0.25, 0.3) is 0 Å². The standard InChI is InChI=1S/C18H21NO3/c1-3-10-22-17-7-4-14(5-8-17)12-19-16-6-9-18(21-2)15(11-16)13-20/h3-9,11,19-20H,1,10,12-13H2,2H3. The van der Waals surface area contributed by atoms with Crippen molar-refractivity contribution in [2.24, 2.45) is 0 Å². The minimum Gasteiger partial charge on any atom is -0.496 e. The second kappa shape index (κ2) is 8.10. The Bertz CT molecular complexity index is 608. The maximum absolute atomic E-state index is 9.33. The number of anilines is 1. The summed E-state index contributed by atoms with van der Waals surface area (Å²) >= 11 is 0. The van der Waals surface area contributed by atoms with Gasteiger partial charge in [0.2, 0.25) is 0 Å². The fraction of sp³-hybridized carbons (Fsp3) is 0.222. The zero-order valence-corrected chi connectivity index (χ0v) is 12.7. The number of hydrogen-bond donors (Lipinski definition) is 2.